The first-order valence-electron chi connectivity index (χ1n) is 4.26. The van der Waals surface area contributed by atoms with Crippen LogP contribution in [-0.4, -0.2) is 8.32 Å². The van der Waals surface area contributed by atoms with Gasteiger partial charge >= 0.3 is 0 Å². The van der Waals surface area contributed by atoms with Crippen LogP contribution >= 0.6 is 0 Å². The largest absolute Gasteiger partial charge is 0.548 e. The van der Waals surface area contributed by atoms with Gasteiger partial charge in [-0.2, -0.15) is 0 Å². The van der Waals surface area contributed by atoms with Gasteiger partial charge in [-0.25, -0.2) is 0 Å². The molecule has 0 rings (SSSR count). The third kappa shape index (κ3) is 7.42. The van der Waals surface area contributed by atoms with Crippen molar-refractivity contribution in [3.8, 4) is 12.3 Å². The van der Waals surface area contributed by atoms with Crippen molar-refractivity contribution in [3.63, 3.8) is 0 Å². The highest BCUT2D eigenvalue weighted by molar-refractivity contribution is 6.70. The van der Waals surface area contributed by atoms with Crippen molar-refractivity contribution in [2.24, 2.45) is 0 Å². The molecule has 0 saturated carbocycles. The van der Waals surface area contributed by atoms with Gasteiger partial charge in [-0.05, 0) is 26.1 Å². The first kappa shape index (κ1) is 11.3. The highest BCUT2D eigenvalue weighted by atomic mass is 28.4. The lowest BCUT2D eigenvalue weighted by molar-refractivity contribution is 0.399. The minimum atomic E-state index is -1.43. The Morgan fingerprint density at radius 1 is 1.50 bits per heavy atom. The molecular formula is C10H18OSi. The predicted octanol–water partition coefficient (Wildman–Crippen LogP) is 3.16. The van der Waals surface area contributed by atoms with Gasteiger partial charge in [-0.15, -0.1) is 12.3 Å². The van der Waals surface area contributed by atoms with Crippen LogP contribution in [-0.2, 0) is 4.43 Å². The first-order chi connectivity index (χ1) is 5.45. The van der Waals surface area contributed by atoms with E-state index in [1.54, 1.807) is 0 Å². The first-order valence-corrected chi connectivity index (χ1v) is 7.67. The van der Waals surface area contributed by atoms with Crippen LogP contribution in [0.15, 0.2) is 12.3 Å². The molecule has 0 atom stereocenters. The summed E-state index contributed by atoms with van der Waals surface area (Å²) in [5.74, 6) is 3.49. The maximum Gasteiger partial charge on any atom is 0.241 e. The predicted molar refractivity (Wildman–Crippen MR) is 56.3 cm³/mol. The van der Waals surface area contributed by atoms with E-state index in [0.29, 0.717) is 0 Å². The fourth-order valence-corrected chi connectivity index (χ4v) is 1.84. The molecule has 68 valence electrons. The molecule has 1 nitrogen and oxygen atoms in total. The van der Waals surface area contributed by atoms with Gasteiger partial charge in [0, 0.05) is 12.8 Å². The van der Waals surface area contributed by atoms with Crippen molar-refractivity contribution >= 4 is 8.32 Å². The second kappa shape index (κ2) is 5.05. The number of hydrogen-bond donors (Lipinski definition) is 0. The third-order valence-corrected chi connectivity index (χ3v) is 2.13. The van der Waals surface area contributed by atoms with Gasteiger partial charge in [0.25, 0.3) is 0 Å². The summed E-state index contributed by atoms with van der Waals surface area (Å²) in [6.45, 7) is 10.3. The number of allylic oxidation sites excluding steroid dienone is 1. The van der Waals surface area contributed by atoms with Crippen molar-refractivity contribution in [3.05, 3.63) is 12.3 Å². The molecule has 0 heterocycles. The molecule has 0 aromatic heterocycles. The molecule has 12 heavy (non-hydrogen) atoms. The van der Waals surface area contributed by atoms with Crippen LogP contribution in [0.1, 0.15) is 19.3 Å². The Kier molecular flexibility index (Phi) is 4.76. The van der Waals surface area contributed by atoms with Crippen LogP contribution in [0.3, 0.4) is 0 Å². The van der Waals surface area contributed by atoms with Gasteiger partial charge in [-0.3, -0.25) is 0 Å². The van der Waals surface area contributed by atoms with Crippen LogP contribution in [0.5, 0.6) is 0 Å². The van der Waals surface area contributed by atoms with Crippen molar-refractivity contribution in [1.29, 1.82) is 0 Å². The maximum absolute atomic E-state index is 5.66. The molecule has 0 bridgehead atoms. The second-order valence-corrected chi connectivity index (χ2v) is 8.24. The van der Waals surface area contributed by atoms with E-state index in [1.807, 2.05) is 0 Å². The summed E-state index contributed by atoms with van der Waals surface area (Å²) >= 11 is 0. The third-order valence-electron chi connectivity index (χ3n) is 1.23. The second-order valence-electron chi connectivity index (χ2n) is 3.81. The molecule has 0 aromatic carbocycles. The zero-order valence-corrected chi connectivity index (χ0v) is 9.31. The van der Waals surface area contributed by atoms with E-state index < -0.39 is 8.32 Å². The maximum atomic E-state index is 5.66. The van der Waals surface area contributed by atoms with E-state index >= 15 is 0 Å². The molecule has 0 aliphatic rings. The lowest BCUT2D eigenvalue weighted by atomic mass is 10.2. The minimum Gasteiger partial charge on any atom is -0.548 e. The topological polar surface area (TPSA) is 9.23 Å². The average Bonchev–Trinajstić information content (AvgIpc) is 1.84. The van der Waals surface area contributed by atoms with Gasteiger partial charge in [0.2, 0.25) is 8.32 Å². The molecular weight excluding hydrogens is 164 g/mol. The average molecular weight is 182 g/mol. The highest BCUT2D eigenvalue weighted by Gasteiger charge is 2.16. The molecule has 2 heteroatoms. The molecule has 0 aliphatic heterocycles. The zero-order chi connectivity index (χ0) is 9.61. The molecule has 0 N–H and O–H groups in total. The molecule has 0 amide bonds. The van der Waals surface area contributed by atoms with E-state index in [-0.39, 0.29) is 0 Å². The SMILES string of the molecule is C#CCCCC(=C)O[Si](C)(C)C. The highest BCUT2D eigenvalue weighted by Crippen LogP contribution is 2.13. The minimum absolute atomic E-state index is 0.814. The van der Waals surface area contributed by atoms with Crippen molar-refractivity contribution in [2.45, 2.75) is 38.9 Å². The summed E-state index contributed by atoms with van der Waals surface area (Å²) in [7, 11) is -1.43. The molecule has 0 radical (unpaired) electrons. The quantitative estimate of drug-likeness (QED) is 0.275. The van der Waals surface area contributed by atoms with E-state index in [9.17, 15) is 0 Å². The zero-order valence-electron chi connectivity index (χ0n) is 8.31. The number of unbranched alkanes of at least 4 members (excludes halogenated alkanes) is 1. The normalized spacial score (nSPS) is 10.5. The van der Waals surface area contributed by atoms with Gasteiger partial charge in [-0.1, -0.05) is 6.58 Å². The summed E-state index contributed by atoms with van der Waals surface area (Å²) in [6, 6.07) is 0. The fourth-order valence-electron chi connectivity index (χ4n) is 0.872. The van der Waals surface area contributed by atoms with Crippen LogP contribution in [0.25, 0.3) is 0 Å². The fraction of sp³-hybridized carbons (Fsp3) is 0.600. The van der Waals surface area contributed by atoms with E-state index in [1.165, 1.54) is 0 Å². The molecule has 0 aliphatic carbocycles. The summed E-state index contributed by atoms with van der Waals surface area (Å²) in [4.78, 5) is 0. The van der Waals surface area contributed by atoms with Crippen LogP contribution < -0.4 is 0 Å². The van der Waals surface area contributed by atoms with Gasteiger partial charge < -0.3 is 4.43 Å². The van der Waals surface area contributed by atoms with Crippen molar-refractivity contribution < 1.29 is 4.43 Å². The van der Waals surface area contributed by atoms with E-state index in [2.05, 4.69) is 32.1 Å². The van der Waals surface area contributed by atoms with E-state index in [4.69, 9.17) is 10.8 Å². The number of rotatable bonds is 5. The van der Waals surface area contributed by atoms with Crippen molar-refractivity contribution in [1.82, 2.24) is 0 Å². The Morgan fingerprint density at radius 2 is 2.08 bits per heavy atom. The number of hydrogen-bond acceptors (Lipinski definition) is 1. The Hall–Kier alpha value is -0.683. The summed E-state index contributed by atoms with van der Waals surface area (Å²) < 4.78 is 5.66. The van der Waals surface area contributed by atoms with Crippen LogP contribution in [0.2, 0.25) is 19.6 Å². The molecule has 0 saturated heterocycles. The van der Waals surface area contributed by atoms with Crippen molar-refractivity contribution in [2.75, 3.05) is 0 Å². The summed E-state index contributed by atoms with van der Waals surface area (Å²) in [5, 5.41) is 0. The molecule has 0 unspecified atom stereocenters. The van der Waals surface area contributed by atoms with Crippen LogP contribution in [0.4, 0.5) is 0 Å². The molecule has 0 fully saturated rings. The lowest BCUT2D eigenvalue weighted by Gasteiger charge is -2.20. The number of terminal acetylenes is 1. The Morgan fingerprint density at radius 3 is 2.50 bits per heavy atom. The van der Waals surface area contributed by atoms with Gasteiger partial charge in [0.15, 0.2) is 0 Å². The molecule has 0 aromatic rings. The Labute approximate surface area is 77.0 Å². The summed E-state index contributed by atoms with van der Waals surface area (Å²) in [5.41, 5.74) is 0. The lowest BCUT2D eigenvalue weighted by Crippen LogP contribution is -2.24. The smallest absolute Gasteiger partial charge is 0.241 e. The van der Waals surface area contributed by atoms with Gasteiger partial charge in [0.05, 0.1) is 5.76 Å². The van der Waals surface area contributed by atoms with Crippen LogP contribution in [0, 0.1) is 12.3 Å². The van der Waals surface area contributed by atoms with Gasteiger partial charge in [0.1, 0.15) is 0 Å². The Balaban J connectivity index is 3.56. The van der Waals surface area contributed by atoms with E-state index in [0.717, 1.165) is 25.0 Å². The molecule has 0 spiro atoms. The monoisotopic (exact) mass is 182 g/mol. The summed E-state index contributed by atoms with van der Waals surface area (Å²) in [6.07, 6.45) is 7.83. The standard InChI is InChI=1S/C10H18OSi/c1-6-7-8-9-10(2)11-12(3,4)5/h1H,2,7-9H2,3-5H3. The Bertz CT molecular complexity index is 183.